The maximum atomic E-state index is 11.2. The summed E-state index contributed by atoms with van der Waals surface area (Å²) in [6, 6.07) is 4.61. The number of aryl methyl sites for hydroxylation is 1. The van der Waals surface area contributed by atoms with E-state index in [4.69, 9.17) is 5.73 Å². The first-order chi connectivity index (χ1) is 9.00. The van der Waals surface area contributed by atoms with Gasteiger partial charge in [-0.15, -0.1) is 0 Å². The molecule has 6 nitrogen and oxygen atoms in total. The van der Waals surface area contributed by atoms with Crippen LogP contribution >= 0.6 is 0 Å². The van der Waals surface area contributed by atoms with Gasteiger partial charge in [0.1, 0.15) is 6.04 Å². The summed E-state index contributed by atoms with van der Waals surface area (Å²) < 4.78 is 0. The van der Waals surface area contributed by atoms with Gasteiger partial charge in [0.25, 0.3) is 0 Å². The fourth-order valence-electron chi connectivity index (χ4n) is 2.34. The number of nitrogens with two attached hydrogens (primary N) is 1. The number of primary amides is 1. The summed E-state index contributed by atoms with van der Waals surface area (Å²) in [7, 11) is 0. The predicted octanol–water partition coefficient (Wildman–Crippen LogP) is -0.0433. The lowest BCUT2D eigenvalue weighted by Crippen LogP contribution is -2.55. The van der Waals surface area contributed by atoms with E-state index in [0.29, 0.717) is 18.7 Å². The molecular formula is C13H17N3O3. The largest absolute Gasteiger partial charge is 0.480 e. The Morgan fingerprint density at radius 1 is 1.47 bits per heavy atom. The normalized spacial score (nSPS) is 19.2. The summed E-state index contributed by atoms with van der Waals surface area (Å²) in [5.41, 5.74) is 7.28. The van der Waals surface area contributed by atoms with Crippen LogP contribution < -0.4 is 16.0 Å². The van der Waals surface area contributed by atoms with E-state index in [1.54, 1.807) is 25.1 Å². The van der Waals surface area contributed by atoms with Crippen molar-refractivity contribution in [3.63, 3.8) is 0 Å². The molecule has 2 rings (SSSR count). The third kappa shape index (κ3) is 2.68. The SMILES string of the molecule is Cc1cc(N2CCNCC2C(=O)O)ccc1C(N)=O. The second-order valence-corrected chi connectivity index (χ2v) is 4.62. The molecule has 1 aromatic carbocycles. The quantitative estimate of drug-likeness (QED) is 0.711. The zero-order chi connectivity index (χ0) is 14.0. The summed E-state index contributed by atoms with van der Waals surface area (Å²) in [6.45, 7) is 3.56. The average molecular weight is 263 g/mol. The highest BCUT2D eigenvalue weighted by molar-refractivity contribution is 5.94. The first-order valence-corrected chi connectivity index (χ1v) is 6.11. The highest BCUT2D eigenvalue weighted by atomic mass is 16.4. The number of anilines is 1. The molecular weight excluding hydrogens is 246 g/mol. The van der Waals surface area contributed by atoms with Gasteiger partial charge in [-0.05, 0) is 30.7 Å². The van der Waals surface area contributed by atoms with Crippen LogP contribution in [0.15, 0.2) is 18.2 Å². The third-order valence-electron chi connectivity index (χ3n) is 3.34. The van der Waals surface area contributed by atoms with E-state index in [0.717, 1.165) is 17.8 Å². The van der Waals surface area contributed by atoms with Crippen molar-refractivity contribution in [2.45, 2.75) is 13.0 Å². The van der Waals surface area contributed by atoms with Gasteiger partial charge in [-0.1, -0.05) is 0 Å². The Morgan fingerprint density at radius 2 is 2.21 bits per heavy atom. The third-order valence-corrected chi connectivity index (χ3v) is 3.34. The summed E-state index contributed by atoms with van der Waals surface area (Å²) in [6.07, 6.45) is 0. The molecule has 1 saturated heterocycles. The number of carboxylic acids is 1. The van der Waals surface area contributed by atoms with Crippen molar-refractivity contribution < 1.29 is 14.7 Å². The van der Waals surface area contributed by atoms with E-state index in [2.05, 4.69) is 5.32 Å². The molecule has 1 unspecified atom stereocenters. The average Bonchev–Trinajstić information content (AvgIpc) is 2.38. The molecule has 1 aliphatic heterocycles. The molecule has 0 bridgehead atoms. The van der Waals surface area contributed by atoms with E-state index < -0.39 is 17.9 Å². The number of carbonyl (C=O) groups excluding carboxylic acids is 1. The molecule has 0 aromatic heterocycles. The molecule has 102 valence electrons. The number of hydrogen-bond acceptors (Lipinski definition) is 4. The van der Waals surface area contributed by atoms with Crippen LogP contribution in [0.2, 0.25) is 0 Å². The van der Waals surface area contributed by atoms with Gasteiger partial charge in [0.15, 0.2) is 0 Å². The number of piperazine rings is 1. The molecule has 0 spiro atoms. The van der Waals surface area contributed by atoms with Crippen molar-refractivity contribution in [2.75, 3.05) is 24.5 Å². The van der Waals surface area contributed by atoms with Crippen LogP contribution in [0.1, 0.15) is 15.9 Å². The first kappa shape index (κ1) is 13.4. The molecule has 4 N–H and O–H groups in total. The molecule has 0 saturated carbocycles. The molecule has 1 amide bonds. The Kier molecular flexibility index (Phi) is 3.71. The summed E-state index contributed by atoms with van der Waals surface area (Å²) in [4.78, 5) is 24.3. The summed E-state index contributed by atoms with van der Waals surface area (Å²) in [5, 5.41) is 12.3. The number of benzene rings is 1. The zero-order valence-electron chi connectivity index (χ0n) is 10.7. The van der Waals surface area contributed by atoms with Crippen LogP contribution in [0.4, 0.5) is 5.69 Å². The van der Waals surface area contributed by atoms with Crippen LogP contribution in [-0.2, 0) is 4.79 Å². The number of nitrogens with one attached hydrogen (secondary N) is 1. The van der Waals surface area contributed by atoms with Crippen molar-refractivity contribution in [1.29, 1.82) is 0 Å². The van der Waals surface area contributed by atoms with E-state index in [-0.39, 0.29) is 0 Å². The molecule has 0 aliphatic carbocycles. The molecule has 1 heterocycles. The Labute approximate surface area is 111 Å². The van der Waals surface area contributed by atoms with Gasteiger partial charge in [0, 0.05) is 30.9 Å². The monoisotopic (exact) mass is 263 g/mol. The maximum Gasteiger partial charge on any atom is 0.327 e. The van der Waals surface area contributed by atoms with E-state index in [9.17, 15) is 14.7 Å². The number of amides is 1. The van der Waals surface area contributed by atoms with E-state index in [1.165, 1.54) is 0 Å². The van der Waals surface area contributed by atoms with Gasteiger partial charge in [0.05, 0.1) is 0 Å². The smallest absolute Gasteiger partial charge is 0.327 e. The number of carbonyl (C=O) groups is 2. The second-order valence-electron chi connectivity index (χ2n) is 4.62. The lowest BCUT2D eigenvalue weighted by molar-refractivity contribution is -0.138. The van der Waals surface area contributed by atoms with E-state index >= 15 is 0 Å². The second kappa shape index (κ2) is 5.27. The van der Waals surface area contributed by atoms with Crippen LogP contribution in [0.25, 0.3) is 0 Å². The van der Waals surface area contributed by atoms with Gasteiger partial charge >= 0.3 is 5.97 Å². The van der Waals surface area contributed by atoms with Crippen molar-refractivity contribution >= 4 is 17.6 Å². The molecule has 1 fully saturated rings. The van der Waals surface area contributed by atoms with Crippen LogP contribution in [0, 0.1) is 6.92 Å². The number of aliphatic carboxylic acids is 1. The topological polar surface area (TPSA) is 95.7 Å². The highest BCUT2D eigenvalue weighted by Gasteiger charge is 2.28. The minimum absolute atomic E-state index is 0.409. The summed E-state index contributed by atoms with van der Waals surface area (Å²) >= 11 is 0. The summed E-state index contributed by atoms with van der Waals surface area (Å²) in [5.74, 6) is -1.33. The van der Waals surface area contributed by atoms with Crippen molar-refractivity contribution in [3.05, 3.63) is 29.3 Å². The molecule has 0 radical (unpaired) electrons. The molecule has 1 aliphatic rings. The van der Waals surface area contributed by atoms with Gasteiger partial charge in [-0.3, -0.25) is 4.79 Å². The highest BCUT2D eigenvalue weighted by Crippen LogP contribution is 2.22. The zero-order valence-corrected chi connectivity index (χ0v) is 10.7. The van der Waals surface area contributed by atoms with Crippen LogP contribution in [0.5, 0.6) is 0 Å². The minimum Gasteiger partial charge on any atom is -0.480 e. The van der Waals surface area contributed by atoms with Gasteiger partial charge in [-0.25, -0.2) is 4.79 Å². The predicted molar refractivity (Wildman–Crippen MR) is 71.3 cm³/mol. The fourth-order valence-corrected chi connectivity index (χ4v) is 2.34. The molecule has 19 heavy (non-hydrogen) atoms. The van der Waals surface area contributed by atoms with Crippen LogP contribution in [0.3, 0.4) is 0 Å². The fraction of sp³-hybridized carbons (Fsp3) is 0.385. The lowest BCUT2D eigenvalue weighted by atomic mass is 10.1. The van der Waals surface area contributed by atoms with E-state index in [1.807, 2.05) is 4.90 Å². The molecule has 1 aromatic rings. The Hall–Kier alpha value is -2.08. The van der Waals surface area contributed by atoms with Crippen LogP contribution in [-0.4, -0.2) is 42.7 Å². The first-order valence-electron chi connectivity index (χ1n) is 6.11. The number of rotatable bonds is 3. The van der Waals surface area contributed by atoms with Crippen molar-refractivity contribution in [3.8, 4) is 0 Å². The lowest BCUT2D eigenvalue weighted by Gasteiger charge is -2.35. The number of carboxylic acid groups (broad SMARTS) is 1. The standard InChI is InChI=1S/C13H17N3O3/c1-8-6-9(2-3-10(8)12(14)17)16-5-4-15-7-11(16)13(18)19/h2-3,6,11,15H,4-5,7H2,1H3,(H2,14,17)(H,18,19). The molecule has 1 atom stereocenters. The van der Waals surface area contributed by atoms with Crippen molar-refractivity contribution in [1.82, 2.24) is 5.32 Å². The Balaban J connectivity index is 2.32. The number of hydrogen-bond donors (Lipinski definition) is 3. The Morgan fingerprint density at radius 3 is 2.79 bits per heavy atom. The van der Waals surface area contributed by atoms with Gasteiger partial charge in [0.2, 0.25) is 5.91 Å². The van der Waals surface area contributed by atoms with Gasteiger partial charge < -0.3 is 21.1 Å². The number of nitrogens with zero attached hydrogens (tertiary/aromatic N) is 1. The maximum absolute atomic E-state index is 11.2. The van der Waals surface area contributed by atoms with Gasteiger partial charge in [-0.2, -0.15) is 0 Å². The molecule has 6 heteroatoms. The Bertz CT molecular complexity index is 516. The van der Waals surface area contributed by atoms with Crippen molar-refractivity contribution in [2.24, 2.45) is 5.73 Å². The minimum atomic E-state index is -0.858.